The van der Waals surface area contributed by atoms with Crippen molar-refractivity contribution in [1.29, 1.82) is 0 Å². The molecule has 7 rings (SSSR count). The molecule has 0 fully saturated rings. The van der Waals surface area contributed by atoms with Crippen LogP contribution in [0.3, 0.4) is 0 Å². The van der Waals surface area contributed by atoms with Gasteiger partial charge in [0.1, 0.15) is 0 Å². The number of aliphatic hydroxyl groups is 1. The molecule has 3 heterocycles. The average Bonchev–Trinajstić information content (AvgIpc) is 3.69. The smallest absolute Gasteiger partial charge is 0.162 e. The third-order valence-corrected chi connectivity index (χ3v) is 11.4. The van der Waals surface area contributed by atoms with Crippen LogP contribution < -0.4 is 0 Å². The topological polar surface area (TPSA) is 76.2 Å². The standard InChI is InChI=1S/C23H22NO.C21H22N.C13H24O2.Ir/c1-15-11-18-8-10-25-22(18)20(12-15)21-19-6-5-16(14-23(2,3)4)13-17(19)7-9-24-21;1-14(2)9-17-5-6-20-18(13-17)7-8-22-21(20)19-11-15(3)10-16(4)12-19;1-5-10(6-2)12(14)9-13(15)11(7-3)8-4;/h5-11,13H,14H2,1-4H3;5-8,10-11,13-14H,9H2,1-4H3;9-11,14H,5-8H2,1-4H3;/q2*-1;;/b;;12-9-;. The van der Waals surface area contributed by atoms with Crippen LogP contribution in [0.4, 0.5) is 0 Å². The van der Waals surface area contributed by atoms with Crippen LogP contribution in [0.2, 0.25) is 0 Å². The van der Waals surface area contributed by atoms with Crippen molar-refractivity contribution in [1.82, 2.24) is 9.97 Å². The van der Waals surface area contributed by atoms with Gasteiger partial charge in [-0.3, -0.25) is 4.79 Å². The number of furan rings is 1. The van der Waals surface area contributed by atoms with Gasteiger partial charge in [-0.1, -0.05) is 130 Å². The number of ketones is 1. The van der Waals surface area contributed by atoms with Gasteiger partial charge in [0.05, 0.1) is 17.6 Å². The Kier molecular flexibility index (Phi) is 18.6. The molecule has 3 aromatic heterocycles. The zero-order chi connectivity index (χ0) is 45.1. The Hall–Kier alpha value is -4.90. The predicted octanol–water partition coefficient (Wildman–Crippen LogP) is 15.7. The van der Waals surface area contributed by atoms with Gasteiger partial charge in [-0.05, 0) is 112 Å². The molecular formula is C57H68IrN2O3-2. The maximum absolute atomic E-state index is 11.7. The number of nitrogens with zero attached hydrogens (tertiary/aromatic N) is 2. The van der Waals surface area contributed by atoms with E-state index in [0.29, 0.717) is 5.92 Å². The molecule has 0 unspecified atom stereocenters. The van der Waals surface area contributed by atoms with E-state index in [1.807, 2.05) is 46.2 Å². The molecular weight excluding hydrogens is 953 g/mol. The third kappa shape index (κ3) is 13.8. The minimum Gasteiger partial charge on any atom is -0.512 e. The summed E-state index contributed by atoms with van der Waals surface area (Å²) >= 11 is 0. The molecule has 0 aliphatic carbocycles. The van der Waals surface area contributed by atoms with E-state index in [0.717, 1.165) is 88.5 Å². The van der Waals surface area contributed by atoms with E-state index in [2.05, 4.69) is 144 Å². The monoisotopic (exact) mass is 1020 g/mol. The molecule has 0 aliphatic heterocycles. The van der Waals surface area contributed by atoms with E-state index in [1.165, 1.54) is 38.9 Å². The predicted molar refractivity (Wildman–Crippen MR) is 262 cm³/mol. The van der Waals surface area contributed by atoms with E-state index in [1.54, 1.807) is 6.26 Å². The van der Waals surface area contributed by atoms with Gasteiger partial charge in [-0.2, -0.15) is 0 Å². The van der Waals surface area contributed by atoms with Gasteiger partial charge >= 0.3 is 0 Å². The van der Waals surface area contributed by atoms with Crippen molar-refractivity contribution in [2.24, 2.45) is 23.2 Å². The second kappa shape index (κ2) is 23.2. The molecule has 1 radical (unpaired) electrons. The molecule has 7 aromatic rings. The summed E-state index contributed by atoms with van der Waals surface area (Å²) in [5.74, 6) is 1.22. The van der Waals surface area contributed by atoms with Crippen molar-refractivity contribution in [2.45, 2.75) is 122 Å². The number of hydrogen-bond donors (Lipinski definition) is 1. The molecule has 0 atom stereocenters. The molecule has 4 aromatic carbocycles. The molecule has 0 saturated heterocycles. The van der Waals surface area contributed by atoms with Crippen molar-refractivity contribution in [3.8, 4) is 22.5 Å². The van der Waals surface area contributed by atoms with E-state index in [-0.39, 0.29) is 48.9 Å². The number of pyridine rings is 2. The van der Waals surface area contributed by atoms with Crippen molar-refractivity contribution in [3.05, 3.63) is 143 Å². The Morgan fingerprint density at radius 3 is 1.87 bits per heavy atom. The fraction of sp³-hybridized carbons (Fsp3) is 0.386. The summed E-state index contributed by atoms with van der Waals surface area (Å²) in [6.07, 6.45) is 12.6. The van der Waals surface area contributed by atoms with Gasteiger partial charge < -0.3 is 19.5 Å². The van der Waals surface area contributed by atoms with E-state index in [9.17, 15) is 9.90 Å². The molecule has 0 amide bonds. The second-order valence-corrected chi connectivity index (χ2v) is 18.6. The van der Waals surface area contributed by atoms with Gasteiger partial charge in [0.25, 0.3) is 0 Å². The molecule has 335 valence electrons. The number of aromatic nitrogens is 2. The first-order valence-electron chi connectivity index (χ1n) is 22.6. The summed E-state index contributed by atoms with van der Waals surface area (Å²) in [5, 5.41) is 15.7. The SMILES string of the molecule is CCC(CC)C(=O)/C=C(\O)C(CC)CC.Cc1[c-]c(-c2nccc3cc(CC(C)(C)C)ccc23)c2occc2c1.Cc1[c-]c(-c2nccc3cc(CC(C)C)ccc23)cc(C)c1.[Ir]. The van der Waals surface area contributed by atoms with E-state index in [4.69, 9.17) is 4.42 Å². The number of fused-ring (bicyclic) bond motifs is 3. The van der Waals surface area contributed by atoms with Gasteiger partial charge in [-0.25, -0.2) is 0 Å². The minimum atomic E-state index is 0. The van der Waals surface area contributed by atoms with Crippen LogP contribution in [-0.2, 0) is 37.7 Å². The Bertz CT molecular complexity index is 2600. The van der Waals surface area contributed by atoms with Crippen LogP contribution in [0.25, 0.3) is 55.0 Å². The molecule has 63 heavy (non-hydrogen) atoms. The van der Waals surface area contributed by atoms with Crippen LogP contribution in [0.1, 0.15) is 116 Å². The summed E-state index contributed by atoms with van der Waals surface area (Å²) in [6.45, 7) is 25.7. The summed E-state index contributed by atoms with van der Waals surface area (Å²) < 4.78 is 5.73. The Morgan fingerprint density at radius 2 is 1.29 bits per heavy atom. The van der Waals surface area contributed by atoms with Crippen LogP contribution in [-0.4, -0.2) is 20.9 Å². The Morgan fingerprint density at radius 1 is 0.714 bits per heavy atom. The third-order valence-electron chi connectivity index (χ3n) is 11.4. The summed E-state index contributed by atoms with van der Waals surface area (Å²) in [4.78, 5) is 21.0. The zero-order valence-electron chi connectivity index (χ0n) is 39.7. The molecule has 0 saturated carbocycles. The van der Waals surface area contributed by atoms with Crippen LogP contribution in [0.15, 0.2) is 108 Å². The minimum absolute atomic E-state index is 0. The number of aliphatic hydroxyl groups excluding tert-OH is 1. The molecule has 1 N–H and O–H groups in total. The maximum atomic E-state index is 11.7. The van der Waals surface area contributed by atoms with Gasteiger partial charge in [-0.15, -0.1) is 52.6 Å². The number of aryl methyl sites for hydroxylation is 3. The largest absolute Gasteiger partial charge is 0.512 e. The first-order chi connectivity index (χ1) is 29.5. The first-order valence-corrected chi connectivity index (χ1v) is 22.6. The van der Waals surface area contributed by atoms with Gasteiger partial charge in [0, 0.05) is 50.4 Å². The molecule has 0 spiro atoms. The Labute approximate surface area is 391 Å². The molecule has 6 heteroatoms. The summed E-state index contributed by atoms with van der Waals surface area (Å²) in [6, 6.07) is 32.9. The van der Waals surface area contributed by atoms with E-state index < -0.39 is 0 Å². The number of hydrogen-bond acceptors (Lipinski definition) is 5. The zero-order valence-corrected chi connectivity index (χ0v) is 42.1. The maximum Gasteiger partial charge on any atom is 0.162 e. The fourth-order valence-corrected chi connectivity index (χ4v) is 8.32. The van der Waals surface area contributed by atoms with Crippen LogP contribution >= 0.6 is 0 Å². The average molecular weight is 1020 g/mol. The number of carbonyl (C=O) groups is 1. The molecule has 0 bridgehead atoms. The second-order valence-electron chi connectivity index (χ2n) is 18.6. The fourth-order valence-electron chi connectivity index (χ4n) is 8.32. The van der Waals surface area contributed by atoms with E-state index >= 15 is 0 Å². The number of rotatable bonds is 12. The van der Waals surface area contributed by atoms with Crippen molar-refractivity contribution in [3.63, 3.8) is 0 Å². The number of allylic oxidation sites excluding steroid dienone is 2. The first kappa shape index (κ1) is 50.7. The van der Waals surface area contributed by atoms with Gasteiger partial charge in [0.2, 0.25) is 0 Å². The molecule has 5 nitrogen and oxygen atoms in total. The summed E-state index contributed by atoms with van der Waals surface area (Å²) in [5.41, 5.74) is 11.4. The summed E-state index contributed by atoms with van der Waals surface area (Å²) in [7, 11) is 0. The van der Waals surface area contributed by atoms with Crippen molar-refractivity contribution >= 4 is 38.3 Å². The molecule has 0 aliphatic rings. The van der Waals surface area contributed by atoms with Crippen LogP contribution in [0, 0.1) is 56.1 Å². The van der Waals surface area contributed by atoms with Crippen molar-refractivity contribution < 1.29 is 34.4 Å². The quantitative estimate of drug-likeness (QED) is 0.0750. The Balaban J connectivity index is 0.000000213. The number of benzene rings is 4. The number of carbonyl (C=O) groups excluding carboxylic acids is 1. The van der Waals surface area contributed by atoms with Gasteiger partial charge in [0.15, 0.2) is 5.78 Å². The normalized spacial score (nSPS) is 11.8. The van der Waals surface area contributed by atoms with Crippen LogP contribution in [0.5, 0.6) is 0 Å². The van der Waals surface area contributed by atoms with Crippen molar-refractivity contribution in [2.75, 3.05) is 0 Å².